The minimum absolute atomic E-state index is 0.782. The Balaban J connectivity index is 1.69. The molecule has 0 spiro atoms. The predicted octanol–water partition coefficient (Wildman–Crippen LogP) is 2.33. The molecule has 0 bridgehead atoms. The van der Waals surface area contributed by atoms with Crippen molar-refractivity contribution >= 4 is 0 Å². The maximum Gasteiger partial charge on any atom is 0.0462 e. The van der Waals surface area contributed by atoms with Crippen molar-refractivity contribution in [3.05, 3.63) is 0 Å². The van der Waals surface area contributed by atoms with Crippen LogP contribution in [0.3, 0.4) is 0 Å². The Hall–Kier alpha value is -0.0800. The number of ether oxygens (including phenoxy) is 1. The van der Waals surface area contributed by atoms with Crippen LogP contribution in [0.15, 0.2) is 0 Å². The summed E-state index contributed by atoms with van der Waals surface area (Å²) >= 11 is 0. The van der Waals surface area contributed by atoms with E-state index in [1.54, 1.807) is 7.11 Å². The third kappa shape index (κ3) is 2.48. The van der Waals surface area contributed by atoms with Crippen molar-refractivity contribution in [3.63, 3.8) is 0 Å². The fourth-order valence-corrected chi connectivity index (χ4v) is 3.10. The minimum Gasteiger partial charge on any atom is -0.385 e. The first-order valence-electron chi connectivity index (χ1n) is 6.15. The molecular formula is C12H23NO. The van der Waals surface area contributed by atoms with Crippen LogP contribution in [0.25, 0.3) is 0 Å². The molecular weight excluding hydrogens is 174 g/mol. The van der Waals surface area contributed by atoms with E-state index in [0.29, 0.717) is 0 Å². The summed E-state index contributed by atoms with van der Waals surface area (Å²) in [4.78, 5) is 0. The van der Waals surface area contributed by atoms with Crippen LogP contribution in [0, 0.1) is 5.92 Å². The van der Waals surface area contributed by atoms with Crippen LogP contribution in [0.4, 0.5) is 0 Å². The van der Waals surface area contributed by atoms with Crippen molar-refractivity contribution in [1.29, 1.82) is 0 Å². The van der Waals surface area contributed by atoms with Gasteiger partial charge in [0.05, 0.1) is 0 Å². The molecule has 0 amide bonds. The number of rotatable bonds is 4. The molecule has 0 aromatic carbocycles. The highest BCUT2D eigenvalue weighted by atomic mass is 16.5. The maximum atomic E-state index is 5.09. The van der Waals surface area contributed by atoms with Crippen molar-refractivity contribution in [3.8, 4) is 0 Å². The van der Waals surface area contributed by atoms with Crippen LogP contribution < -0.4 is 5.32 Å². The fourth-order valence-electron chi connectivity index (χ4n) is 3.10. The summed E-state index contributed by atoms with van der Waals surface area (Å²) in [5, 5.41) is 3.82. The number of piperidine rings is 1. The second-order valence-electron chi connectivity index (χ2n) is 4.87. The zero-order chi connectivity index (χ0) is 9.80. The average Bonchev–Trinajstić information content (AvgIpc) is 2.65. The zero-order valence-corrected chi connectivity index (χ0v) is 9.30. The summed E-state index contributed by atoms with van der Waals surface area (Å²) in [5.41, 5.74) is 0. The van der Waals surface area contributed by atoms with Gasteiger partial charge in [0, 0.05) is 25.8 Å². The topological polar surface area (TPSA) is 21.3 Å². The second kappa shape index (κ2) is 5.13. The first-order valence-corrected chi connectivity index (χ1v) is 6.15. The molecule has 1 heterocycles. The van der Waals surface area contributed by atoms with E-state index < -0.39 is 0 Å². The van der Waals surface area contributed by atoms with E-state index in [0.717, 1.165) is 24.6 Å². The van der Waals surface area contributed by atoms with Crippen LogP contribution in [0.2, 0.25) is 0 Å². The molecule has 0 aromatic rings. The summed E-state index contributed by atoms with van der Waals surface area (Å²) in [6, 6.07) is 1.64. The van der Waals surface area contributed by atoms with Gasteiger partial charge in [-0.25, -0.2) is 0 Å². The van der Waals surface area contributed by atoms with Gasteiger partial charge in [0.15, 0.2) is 0 Å². The van der Waals surface area contributed by atoms with Gasteiger partial charge in [-0.05, 0) is 44.4 Å². The third-order valence-corrected chi connectivity index (χ3v) is 3.90. The average molecular weight is 197 g/mol. The van der Waals surface area contributed by atoms with Crippen molar-refractivity contribution in [1.82, 2.24) is 5.32 Å². The summed E-state index contributed by atoms with van der Waals surface area (Å²) in [7, 11) is 1.79. The van der Waals surface area contributed by atoms with Crippen molar-refractivity contribution in [2.45, 2.75) is 57.0 Å². The maximum absolute atomic E-state index is 5.09. The summed E-state index contributed by atoms with van der Waals surface area (Å²) < 4.78 is 5.09. The number of nitrogens with one attached hydrogen (secondary N) is 1. The quantitative estimate of drug-likeness (QED) is 0.698. The summed E-state index contributed by atoms with van der Waals surface area (Å²) in [6.07, 6.45) is 9.73. The van der Waals surface area contributed by atoms with Gasteiger partial charge in [-0.2, -0.15) is 0 Å². The first-order chi connectivity index (χ1) is 6.90. The molecule has 3 unspecified atom stereocenters. The van der Waals surface area contributed by atoms with E-state index in [-0.39, 0.29) is 0 Å². The number of hydrogen-bond acceptors (Lipinski definition) is 2. The monoisotopic (exact) mass is 197 g/mol. The third-order valence-electron chi connectivity index (χ3n) is 3.90. The molecule has 1 saturated heterocycles. The molecule has 2 aliphatic rings. The van der Waals surface area contributed by atoms with Gasteiger partial charge < -0.3 is 10.1 Å². The molecule has 1 aliphatic carbocycles. The Bertz CT molecular complexity index is 172. The van der Waals surface area contributed by atoms with Crippen LogP contribution in [-0.2, 0) is 4.74 Å². The molecule has 1 N–H and O–H groups in total. The first kappa shape index (κ1) is 10.4. The molecule has 14 heavy (non-hydrogen) atoms. The number of methoxy groups -OCH3 is 1. The molecule has 1 saturated carbocycles. The van der Waals surface area contributed by atoms with E-state index in [1.165, 1.54) is 44.9 Å². The van der Waals surface area contributed by atoms with Crippen LogP contribution in [0.1, 0.15) is 44.9 Å². The van der Waals surface area contributed by atoms with Gasteiger partial charge in [-0.15, -0.1) is 0 Å². The largest absolute Gasteiger partial charge is 0.385 e. The zero-order valence-electron chi connectivity index (χ0n) is 9.30. The standard InChI is InChI=1S/C12H23NO/c1-14-9-3-5-11-8-7-10-4-2-6-12(10)13-11/h10-13H,2-9H2,1H3. The van der Waals surface area contributed by atoms with E-state index >= 15 is 0 Å². The molecule has 0 radical (unpaired) electrons. The SMILES string of the molecule is COCCCC1CCC2CCCC2N1. The Labute approximate surface area is 87.4 Å². The van der Waals surface area contributed by atoms with Crippen molar-refractivity contribution in [2.24, 2.45) is 5.92 Å². The number of hydrogen-bond donors (Lipinski definition) is 1. The molecule has 82 valence electrons. The van der Waals surface area contributed by atoms with E-state index in [4.69, 9.17) is 4.74 Å². The van der Waals surface area contributed by atoms with Gasteiger partial charge in [-0.1, -0.05) is 6.42 Å². The van der Waals surface area contributed by atoms with Gasteiger partial charge >= 0.3 is 0 Å². The Morgan fingerprint density at radius 3 is 3.00 bits per heavy atom. The number of fused-ring (bicyclic) bond motifs is 1. The van der Waals surface area contributed by atoms with Crippen molar-refractivity contribution < 1.29 is 4.74 Å². The normalized spacial score (nSPS) is 37.1. The van der Waals surface area contributed by atoms with Gasteiger partial charge in [0.1, 0.15) is 0 Å². The van der Waals surface area contributed by atoms with Gasteiger partial charge in [-0.3, -0.25) is 0 Å². The highest BCUT2D eigenvalue weighted by molar-refractivity contribution is 4.90. The van der Waals surface area contributed by atoms with E-state index in [2.05, 4.69) is 5.32 Å². The van der Waals surface area contributed by atoms with Crippen LogP contribution >= 0.6 is 0 Å². The lowest BCUT2D eigenvalue weighted by atomic mass is 9.88. The molecule has 1 aliphatic heterocycles. The Morgan fingerprint density at radius 2 is 2.14 bits per heavy atom. The lowest BCUT2D eigenvalue weighted by Crippen LogP contribution is -2.45. The highest BCUT2D eigenvalue weighted by Crippen LogP contribution is 2.34. The van der Waals surface area contributed by atoms with Crippen LogP contribution in [-0.4, -0.2) is 25.8 Å². The minimum atomic E-state index is 0.782. The Kier molecular flexibility index (Phi) is 3.82. The fraction of sp³-hybridized carbons (Fsp3) is 1.00. The van der Waals surface area contributed by atoms with Gasteiger partial charge in [0.25, 0.3) is 0 Å². The Morgan fingerprint density at radius 1 is 1.21 bits per heavy atom. The molecule has 2 fully saturated rings. The second-order valence-corrected chi connectivity index (χ2v) is 4.87. The molecule has 2 rings (SSSR count). The smallest absolute Gasteiger partial charge is 0.0462 e. The summed E-state index contributed by atoms with van der Waals surface area (Å²) in [5.74, 6) is 1.01. The lowest BCUT2D eigenvalue weighted by Gasteiger charge is -2.33. The molecule has 0 aromatic heterocycles. The lowest BCUT2D eigenvalue weighted by molar-refractivity contribution is 0.178. The summed E-state index contributed by atoms with van der Waals surface area (Å²) in [6.45, 7) is 0.923. The van der Waals surface area contributed by atoms with Crippen molar-refractivity contribution in [2.75, 3.05) is 13.7 Å². The van der Waals surface area contributed by atoms with Crippen LogP contribution in [0.5, 0.6) is 0 Å². The molecule has 2 heteroatoms. The van der Waals surface area contributed by atoms with E-state index in [9.17, 15) is 0 Å². The predicted molar refractivity (Wildman–Crippen MR) is 58.4 cm³/mol. The molecule has 3 atom stereocenters. The van der Waals surface area contributed by atoms with E-state index in [1.807, 2.05) is 0 Å². The van der Waals surface area contributed by atoms with Gasteiger partial charge in [0.2, 0.25) is 0 Å². The molecule has 2 nitrogen and oxygen atoms in total. The highest BCUT2D eigenvalue weighted by Gasteiger charge is 2.32.